The monoisotopic (exact) mass is 313 g/mol. The molecular formula is C18H19NO4. The first-order chi connectivity index (χ1) is 11.2. The molecule has 3 unspecified atom stereocenters. The number of benzene rings is 1. The van der Waals surface area contributed by atoms with Gasteiger partial charge in [0, 0.05) is 0 Å². The number of methoxy groups -OCH3 is 1. The molecule has 3 atom stereocenters. The minimum Gasteiger partial charge on any atom is -0.497 e. The van der Waals surface area contributed by atoms with Gasteiger partial charge in [0.05, 0.1) is 24.6 Å². The summed E-state index contributed by atoms with van der Waals surface area (Å²) in [6, 6.07) is 6.99. The van der Waals surface area contributed by atoms with Gasteiger partial charge in [-0.2, -0.15) is 0 Å². The molecular weight excluding hydrogens is 294 g/mol. The Bertz CT molecular complexity index is 691. The normalized spacial score (nSPS) is 29.5. The van der Waals surface area contributed by atoms with Crippen LogP contribution < -0.4 is 10.1 Å². The molecule has 2 aliphatic heterocycles. The second kappa shape index (κ2) is 5.41. The van der Waals surface area contributed by atoms with Crippen LogP contribution in [-0.2, 0) is 14.3 Å². The van der Waals surface area contributed by atoms with Gasteiger partial charge in [-0.25, -0.2) is 0 Å². The van der Waals surface area contributed by atoms with Crippen LogP contribution in [0, 0.1) is 5.92 Å². The van der Waals surface area contributed by atoms with Crippen molar-refractivity contribution in [2.45, 2.75) is 37.8 Å². The van der Waals surface area contributed by atoms with E-state index in [9.17, 15) is 9.59 Å². The minimum atomic E-state index is -0.418. The molecule has 1 aromatic rings. The Kier molecular flexibility index (Phi) is 3.36. The summed E-state index contributed by atoms with van der Waals surface area (Å²) < 4.78 is 11.1. The van der Waals surface area contributed by atoms with E-state index in [4.69, 9.17) is 9.47 Å². The summed E-state index contributed by atoms with van der Waals surface area (Å²) in [5, 5.41) is 2.89. The van der Waals surface area contributed by atoms with Gasteiger partial charge in [-0.15, -0.1) is 0 Å². The molecule has 0 spiro atoms. The highest BCUT2D eigenvalue weighted by Crippen LogP contribution is 2.42. The molecule has 23 heavy (non-hydrogen) atoms. The molecule has 2 heterocycles. The number of Topliss-reactive ketones (excluding diaryl/α,β-unsaturated/α-hetero) is 1. The van der Waals surface area contributed by atoms with Crippen LogP contribution in [0.2, 0.25) is 0 Å². The number of carbonyl (C=O) groups is 2. The highest BCUT2D eigenvalue weighted by molar-refractivity contribution is 6.11. The SMILES string of the molecule is COc1ccc(C2NC(=O)C3=C2C(=O)C2CCCCC2O3)cc1. The highest BCUT2D eigenvalue weighted by atomic mass is 16.5. The predicted molar refractivity (Wildman–Crippen MR) is 82.7 cm³/mol. The second-order valence-electron chi connectivity index (χ2n) is 6.33. The number of amides is 1. The number of ketones is 1. The van der Waals surface area contributed by atoms with Crippen LogP contribution in [0.1, 0.15) is 37.3 Å². The fourth-order valence-corrected chi connectivity index (χ4v) is 3.83. The fourth-order valence-electron chi connectivity index (χ4n) is 3.83. The summed E-state index contributed by atoms with van der Waals surface area (Å²) in [7, 11) is 1.61. The number of hydrogen-bond donors (Lipinski definition) is 1. The summed E-state index contributed by atoms with van der Waals surface area (Å²) in [5.41, 5.74) is 1.37. The minimum absolute atomic E-state index is 0.0788. The Morgan fingerprint density at radius 3 is 2.61 bits per heavy atom. The van der Waals surface area contributed by atoms with Crippen molar-refractivity contribution < 1.29 is 19.1 Å². The maximum Gasteiger partial charge on any atom is 0.287 e. The molecule has 5 nitrogen and oxygen atoms in total. The van der Waals surface area contributed by atoms with Gasteiger partial charge in [-0.3, -0.25) is 9.59 Å². The average molecular weight is 313 g/mol. The Labute approximate surface area is 134 Å². The number of carbonyl (C=O) groups excluding carboxylic acids is 2. The van der Waals surface area contributed by atoms with E-state index < -0.39 is 6.04 Å². The lowest BCUT2D eigenvalue weighted by Crippen LogP contribution is -2.39. The first kappa shape index (κ1) is 14.3. The van der Waals surface area contributed by atoms with Crippen molar-refractivity contribution in [1.29, 1.82) is 0 Å². The standard InChI is InChI=1S/C18H19NO4/c1-22-11-8-6-10(7-9-11)15-14-16(20)12-4-2-3-5-13(12)23-17(14)18(21)19-15/h6-9,12-13,15H,2-5H2,1H3,(H,19,21). The molecule has 5 heteroatoms. The van der Waals surface area contributed by atoms with Crippen molar-refractivity contribution in [3.63, 3.8) is 0 Å². The van der Waals surface area contributed by atoms with Crippen LogP contribution >= 0.6 is 0 Å². The van der Waals surface area contributed by atoms with Crippen LogP contribution in [0.25, 0.3) is 0 Å². The van der Waals surface area contributed by atoms with E-state index in [1.807, 2.05) is 24.3 Å². The molecule has 4 rings (SSSR count). The van der Waals surface area contributed by atoms with Gasteiger partial charge in [0.25, 0.3) is 5.91 Å². The number of fused-ring (bicyclic) bond motifs is 1. The quantitative estimate of drug-likeness (QED) is 0.910. The first-order valence-corrected chi connectivity index (χ1v) is 8.09. The molecule has 1 saturated carbocycles. The molecule has 1 aromatic carbocycles. The van der Waals surface area contributed by atoms with Gasteiger partial charge in [0.2, 0.25) is 0 Å². The van der Waals surface area contributed by atoms with Crippen molar-refractivity contribution >= 4 is 11.7 Å². The van der Waals surface area contributed by atoms with E-state index >= 15 is 0 Å². The van der Waals surface area contributed by atoms with E-state index in [0.717, 1.165) is 37.0 Å². The number of hydrogen-bond acceptors (Lipinski definition) is 4. The van der Waals surface area contributed by atoms with Crippen molar-refractivity contribution in [2.75, 3.05) is 7.11 Å². The Morgan fingerprint density at radius 1 is 1.13 bits per heavy atom. The van der Waals surface area contributed by atoms with Crippen LogP contribution in [-0.4, -0.2) is 24.9 Å². The molecule has 0 bridgehead atoms. The van der Waals surface area contributed by atoms with Gasteiger partial charge in [0.1, 0.15) is 11.9 Å². The molecule has 1 N–H and O–H groups in total. The lowest BCUT2D eigenvalue weighted by atomic mass is 9.78. The number of rotatable bonds is 2. The van der Waals surface area contributed by atoms with Crippen molar-refractivity contribution in [3.8, 4) is 5.75 Å². The molecule has 0 radical (unpaired) electrons. The molecule has 0 saturated heterocycles. The third-order valence-electron chi connectivity index (χ3n) is 5.04. The molecule has 1 amide bonds. The highest BCUT2D eigenvalue weighted by Gasteiger charge is 2.48. The van der Waals surface area contributed by atoms with Crippen molar-refractivity contribution in [1.82, 2.24) is 5.32 Å². The molecule has 1 fully saturated rings. The van der Waals surface area contributed by atoms with E-state index in [2.05, 4.69) is 5.32 Å². The molecule has 3 aliphatic rings. The third-order valence-corrected chi connectivity index (χ3v) is 5.04. The predicted octanol–water partition coefficient (Wildman–Crippen LogP) is 2.28. The summed E-state index contributed by atoms with van der Waals surface area (Å²) in [5.74, 6) is 0.675. The lowest BCUT2D eigenvalue weighted by Gasteiger charge is -2.35. The summed E-state index contributed by atoms with van der Waals surface area (Å²) >= 11 is 0. The van der Waals surface area contributed by atoms with Crippen LogP contribution in [0.5, 0.6) is 5.75 Å². The van der Waals surface area contributed by atoms with Gasteiger partial charge in [0.15, 0.2) is 11.5 Å². The Balaban J connectivity index is 1.71. The topological polar surface area (TPSA) is 64.6 Å². The largest absolute Gasteiger partial charge is 0.497 e. The smallest absolute Gasteiger partial charge is 0.287 e. The molecule has 120 valence electrons. The van der Waals surface area contributed by atoms with Crippen LogP contribution in [0.15, 0.2) is 35.6 Å². The zero-order valence-electron chi connectivity index (χ0n) is 13.0. The maximum absolute atomic E-state index is 12.9. The van der Waals surface area contributed by atoms with Gasteiger partial charge >= 0.3 is 0 Å². The first-order valence-electron chi connectivity index (χ1n) is 8.09. The van der Waals surface area contributed by atoms with Crippen molar-refractivity contribution in [3.05, 3.63) is 41.2 Å². The summed E-state index contributed by atoms with van der Waals surface area (Å²) in [6.45, 7) is 0. The Hall–Kier alpha value is -2.30. The lowest BCUT2D eigenvalue weighted by molar-refractivity contribution is -0.132. The van der Waals surface area contributed by atoms with Gasteiger partial charge < -0.3 is 14.8 Å². The van der Waals surface area contributed by atoms with Gasteiger partial charge in [-0.1, -0.05) is 18.6 Å². The molecule has 0 aromatic heterocycles. The zero-order valence-corrected chi connectivity index (χ0v) is 13.0. The molecule has 1 aliphatic carbocycles. The van der Waals surface area contributed by atoms with Crippen LogP contribution in [0.4, 0.5) is 0 Å². The number of ether oxygens (including phenoxy) is 2. The Morgan fingerprint density at radius 2 is 1.87 bits per heavy atom. The fraction of sp³-hybridized carbons (Fsp3) is 0.444. The van der Waals surface area contributed by atoms with E-state index in [-0.39, 0.29) is 29.5 Å². The zero-order chi connectivity index (χ0) is 16.0. The average Bonchev–Trinajstić information content (AvgIpc) is 2.92. The third kappa shape index (κ3) is 2.22. The second-order valence-corrected chi connectivity index (χ2v) is 6.33. The van der Waals surface area contributed by atoms with E-state index in [1.165, 1.54) is 0 Å². The van der Waals surface area contributed by atoms with E-state index in [1.54, 1.807) is 7.11 Å². The van der Waals surface area contributed by atoms with Gasteiger partial charge in [-0.05, 0) is 37.0 Å². The number of nitrogens with one attached hydrogen (secondary N) is 1. The van der Waals surface area contributed by atoms with E-state index in [0.29, 0.717) is 5.57 Å². The van der Waals surface area contributed by atoms with Crippen molar-refractivity contribution in [2.24, 2.45) is 5.92 Å². The maximum atomic E-state index is 12.9. The summed E-state index contributed by atoms with van der Waals surface area (Å²) in [4.78, 5) is 25.2. The van der Waals surface area contributed by atoms with Crippen LogP contribution in [0.3, 0.4) is 0 Å². The summed E-state index contributed by atoms with van der Waals surface area (Å²) in [6.07, 6.45) is 3.68.